The van der Waals surface area contributed by atoms with E-state index >= 15 is 0 Å². The number of alkyl halides is 3. The van der Waals surface area contributed by atoms with E-state index in [2.05, 4.69) is 36.0 Å². The van der Waals surface area contributed by atoms with Crippen LogP contribution in [0.2, 0.25) is 0 Å². The van der Waals surface area contributed by atoms with E-state index in [4.69, 9.17) is 10.2 Å². The summed E-state index contributed by atoms with van der Waals surface area (Å²) in [5, 5.41) is 17.6. The zero-order chi connectivity index (χ0) is 27.3. The van der Waals surface area contributed by atoms with Gasteiger partial charge in [0.2, 0.25) is 0 Å². The number of nitrogens with one attached hydrogen (secondary N) is 1. The zero-order valence-corrected chi connectivity index (χ0v) is 21.2. The van der Waals surface area contributed by atoms with E-state index in [1.54, 1.807) is 12.1 Å². The highest BCUT2D eigenvalue weighted by molar-refractivity contribution is 5.84. The van der Waals surface area contributed by atoms with Gasteiger partial charge in [0.05, 0.1) is 24.2 Å². The molecule has 1 aromatic heterocycles. The number of hydrogen-bond donors (Lipinski definition) is 2. The third-order valence-corrected chi connectivity index (χ3v) is 6.22. The van der Waals surface area contributed by atoms with Crippen LogP contribution in [0.5, 0.6) is 5.75 Å². The second kappa shape index (κ2) is 11.7. The van der Waals surface area contributed by atoms with E-state index in [0.717, 1.165) is 39.6 Å². The molecule has 6 nitrogen and oxygen atoms in total. The van der Waals surface area contributed by atoms with Gasteiger partial charge in [-0.05, 0) is 58.9 Å². The normalized spacial score (nSPS) is 12.7. The molecule has 0 spiro atoms. The Morgan fingerprint density at radius 2 is 1.71 bits per heavy atom. The number of benzene rings is 3. The van der Waals surface area contributed by atoms with Crippen LogP contribution in [0.3, 0.4) is 0 Å². The van der Waals surface area contributed by atoms with Crippen molar-refractivity contribution in [1.82, 2.24) is 15.1 Å². The Kier molecular flexibility index (Phi) is 8.36. The summed E-state index contributed by atoms with van der Waals surface area (Å²) in [5.74, 6) is -0.654. The third-order valence-electron chi connectivity index (χ3n) is 6.22. The first-order chi connectivity index (χ1) is 18.1. The Labute approximate surface area is 219 Å². The van der Waals surface area contributed by atoms with Gasteiger partial charge in [-0.2, -0.15) is 5.10 Å². The summed E-state index contributed by atoms with van der Waals surface area (Å²) in [4.78, 5) is 10.7. The Hall–Kier alpha value is -3.85. The molecule has 3 aromatic carbocycles. The molecule has 4 rings (SSSR count). The maximum atomic E-state index is 12.5. The van der Waals surface area contributed by atoms with Crippen LogP contribution in [-0.2, 0) is 11.3 Å². The number of halogens is 3. The molecule has 0 fully saturated rings. The number of ether oxygens (including phenoxy) is 1. The van der Waals surface area contributed by atoms with E-state index in [1.165, 1.54) is 12.1 Å². The van der Waals surface area contributed by atoms with Crippen LogP contribution < -0.4 is 10.1 Å². The van der Waals surface area contributed by atoms with Crippen molar-refractivity contribution in [1.29, 1.82) is 0 Å². The van der Waals surface area contributed by atoms with Crippen LogP contribution in [-0.4, -0.2) is 33.8 Å². The van der Waals surface area contributed by atoms with E-state index in [0.29, 0.717) is 19.0 Å². The smallest absolute Gasteiger partial charge is 0.481 e. The van der Waals surface area contributed by atoms with Crippen LogP contribution in [0.25, 0.3) is 22.0 Å². The Balaban J connectivity index is 1.55. The Morgan fingerprint density at radius 1 is 1.03 bits per heavy atom. The monoisotopic (exact) mass is 525 g/mol. The summed E-state index contributed by atoms with van der Waals surface area (Å²) < 4.78 is 43.4. The molecule has 1 unspecified atom stereocenters. The predicted octanol–water partition coefficient (Wildman–Crippen LogP) is 6.80. The predicted molar refractivity (Wildman–Crippen MR) is 140 cm³/mol. The minimum Gasteiger partial charge on any atom is -0.481 e. The minimum absolute atomic E-state index is 0.0196. The highest BCUT2D eigenvalue weighted by atomic mass is 19.4. The number of aliphatic carboxylic acids is 1. The number of hydrogen-bond acceptors (Lipinski definition) is 4. The van der Waals surface area contributed by atoms with Crippen LogP contribution >= 0.6 is 0 Å². The Morgan fingerprint density at radius 3 is 2.34 bits per heavy atom. The fraction of sp³-hybridized carbons (Fsp3) is 0.310. The van der Waals surface area contributed by atoms with Crippen molar-refractivity contribution in [3.05, 3.63) is 84.1 Å². The summed E-state index contributed by atoms with van der Waals surface area (Å²) in [7, 11) is 0. The number of nitrogens with zero attached hydrogens (tertiary/aromatic N) is 2. The molecule has 0 radical (unpaired) electrons. The standard InChI is InChI=1S/C29H30F3N3O3/c1-19(2)15-27(22-5-3-20(4-6-22)17-33-14-13-28(36)37)35-26-12-9-23(16-24(26)18-34-35)21-7-10-25(11-8-21)38-29(30,31)32/h3-12,16,18-19,27,33H,13-15,17H2,1-2H3,(H,36,37). The number of aromatic nitrogens is 2. The summed E-state index contributed by atoms with van der Waals surface area (Å²) in [6.07, 6.45) is -1.94. The fourth-order valence-electron chi connectivity index (χ4n) is 4.44. The summed E-state index contributed by atoms with van der Waals surface area (Å²) in [6.45, 7) is 5.35. The molecule has 2 N–H and O–H groups in total. The molecule has 9 heteroatoms. The van der Waals surface area contributed by atoms with Crippen molar-refractivity contribution >= 4 is 16.9 Å². The van der Waals surface area contributed by atoms with Crippen molar-refractivity contribution in [3.63, 3.8) is 0 Å². The van der Waals surface area contributed by atoms with Crippen LogP contribution in [0.15, 0.2) is 72.9 Å². The van der Waals surface area contributed by atoms with Gasteiger partial charge in [0.15, 0.2) is 0 Å². The molecule has 200 valence electrons. The van der Waals surface area contributed by atoms with Gasteiger partial charge in [0.25, 0.3) is 0 Å². The van der Waals surface area contributed by atoms with Crippen molar-refractivity contribution in [2.75, 3.05) is 6.54 Å². The SMILES string of the molecule is CC(C)CC(c1ccc(CNCCC(=O)O)cc1)n1ncc2cc(-c3ccc(OC(F)(F)F)cc3)ccc21. The molecule has 0 aliphatic carbocycles. The first-order valence-electron chi connectivity index (χ1n) is 12.4. The molecule has 38 heavy (non-hydrogen) atoms. The number of carbonyl (C=O) groups is 1. The lowest BCUT2D eigenvalue weighted by Crippen LogP contribution is -2.18. The number of rotatable bonds is 11. The highest BCUT2D eigenvalue weighted by Gasteiger charge is 2.31. The summed E-state index contributed by atoms with van der Waals surface area (Å²) in [6, 6.07) is 20.0. The lowest BCUT2D eigenvalue weighted by atomic mass is 9.96. The van der Waals surface area contributed by atoms with Gasteiger partial charge in [-0.25, -0.2) is 0 Å². The number of carboxylic acids is 1. The first kappa shape index (κ1) is 27.2. The van der Waals surface area contributed by atoms with Crippen molar-refractivity contribution < 1.29 is 27.8 Å². The second-order valence-electron chi connectivity index (χ2n) is 9.64. The maximum absolute atomic E-state index is 12.5. The molecule has 0 aliphatic heterocycles. The average molecular weight is 526 g/mol. The number of carboxylic acid groups (broad SMARTS) is 1. The third kappa shape index (κ3) is 7.13. The largest absolute Gasteiger partial charge is 0.573 e. The summed E-state index contributed by atoms with van der Waals surface area (Å²) >= 11 is 0. The minimum atomic E-state index is -4.72. The van der Waals surface area contributed by atoms with Crippen molar-refractivity contribution in [2.24, 2.45) is 5.92 Å². The van der Waals surface area contributed by atoms with Gasteiger partial charge in [-0.15, -0.1) is 13.2 Å². The van der Waals surface area contributed by atoms with Crippen LogP contribution in [0.1, 0.15) is 43.9 Å². The average Bonchev–Trinajstić information content (AvgIpc) is 3.28. The Bertz CT molecular complexity index is 1360. The lowest BCUT2D eigenvalue weighted by molar-refractivity contribution is -0.274. The molecule has 1 atom stereocenters. The van der Waals surface area contributed by atoms with Crippen LogP contribution in [0.4, 0.5) is 13.2 Å². The van der Waals surface area contributed by atoms with Gasteiger partial charge >= 0.3 is 12.3 Å². The molecule has 4 aromatic rings. The van der Waals surface area contributed by atoms with Gasteiger partial charge in [-0.1, -0.05) is 56.3 Å². The van der Waals surface area contributed by atoms with Crippen LogP contribution in [0, 0.1) is 5.92 Å². The topological polar surface area (TPSA) is 76.4 Å². The van der Waals surface area contributed by atoms with E-state index in [1.807, 2.05) is 41.2 Å². The fourth-order valence-corrected chi connectivity index (χ4v) is 4.44. The molecular weight excluding hydrogens is 495 g/mol. The van der Waals surface area contributed by atoms with E-state index in [9.17, 15) is 18.0 Å². The van der Waals surface area contributed by atoms with Gasteiger partial charge in [0.1, 0.15) is 5.75 Å². The second-order valence-corrected chi connectivity index (χ2v) is 9.64. The lowest BCUT2D eigenvalue weighted by Gasteiger charge is -2.22. The van der Waals surface area contributed by atoms with Gasteiger partial charge in [0, 0.05) is 18.5 Å². The molecular formula is C29H30F3N3O3. The molecule has 0 saturated carbocycles. The molecule has 0 bridgehead atoms. The number of fused-ring (bicyclic) bond motifs is 1. The summed E-state index contributed by atoms with van der Waals surface area (Å²) in [5.41, 5.74) is 4.82. The van der Waals surface area contributed by atoms with Crippen molar-refractivity contribution in [2.45, 2.75) is 45.6 Å². The highest BCUT2D eigenvalue weighted by Crippen LogP contribution is 2.32. The maximum Gasteiger partial charge on any atom is 0.573 e. The van der Waals surface area contributed by atoms with Gasteiger partial charge < -0.3 is 15.2 Å². The molecule has 0 amide bonds. The first-order valence-corrected chi connectivity index (χ1v) is 12.4. The zero-order valence-electron chi connectivity index (χ0n) is 21.2. The molecule has 1 heterocycles. The van der Waals surface area contributed by atoms with E-state index in [-0.39, 0.29) is 18.2 Å². The van der Waals surface area contributed by atoms with E-state index < -0.39 is 12.3 Å². The quantitative estimate of drug-likeness (QED) is 0.211. The molecule has 0 saturated heterocycles. The van der Waals surface area contributed by atoms with Crippen molar-refractivity contribution in [3.8, 4) is 16.9 Å². The molecule has 0 aliphatic rings. The van der Waals surface area contributed by atoms with Gasteiger partial charge in [-0.3, -0.25) is 9.48 Å².